The minimum absolute atomic E-state index is 0.0132. The van der Waals surface area contributed by atoms with Crippen LogP contribution in [0.1, 0.15) is 48.4 Å². The molecule has 1 atom stereocenters. The molecule has 1 unspecified atom stereocenters. The first-order valence-electron chi connectivity index (χ1n) is 7.30. The van der Waals surface area contributed by atoms with Gasteiger partial charge in [0.05, 0.1) is 0 Å². The largest absolute Gasteiger partial charge is 0.306 e. The zero-order valence-corrected chi connectivity index (χ0v) is 11.8. The Morgan fingerprint density at radius 3 is 2.45 bits per heavy atom. The van der Waals surface area contributed by atoms with Crippen molar-refractivity contribution in [3.05, 3.63) is 71.0 Å². The van der Waals surface area contributed by atoms with Crippen LogP contribution < -0.4 is 5.32 Å². The highest BCUT2D eigenvalue weighted by Crippen LogP contribution is 2.39. The second-order valence-electron chi connectivity index (χ2n) is 5.64. The molecule has 3 rings (SSSR count). The van der Waals surface area contributed by atoms with Gasteiger partial charge >= 0.3 is 0 Å². The van der Waals surface area contributed by atoms with Crippen molar-refractivity contribution in [2.75, 3.05) is 0 Å². The first-order chi connectivity index (χ1) is 9.74. The van der Waals surface area contributed by atoms with Crippen LogP contribution in [0, 0.1) is 5.82 Å². The van der Waals surface area contributed by atoms with Gasteiger partial charge < -0.3 is 5.32 Å². The lowest BCUT2D eigenvalue weighted by molar-refractivity contribution is 0.528. The summed E-state index contributed by atoms with van der Waals surface area (Å²) in [6.07, 6.45) is 2.67. The van der Waals surface area contributed by atoms with Crippen LogP contribution in [-0.4, -0.2) is 0 Å². The summed E-state index contributed by atoms with van der Waals surface area (Å²) in [7, 11) is 0. The number of nitrogens with one attached hydrogen (secondary N) is 1. The summed E-state index contributed by atoms with van der Waals surface area (Å²) in [4.78, 5) is 0. The minimum Gasteiger partial charge on any atom is -0.306 e. The molecule has 1 N–H and O–H groups in total. The van der Waals surface area contributed by atoms with Gasteiger partial charge in [0.15, 0.2) is 0 Å². The summed E-state index contributed by atoms with van der Waals surface area (Å²) in [6.45, 7) is 2.76. The van der Waals surface area contributed by atoms with E-state index >= 15 is 0 Å². The molecule has 1 aliphatic carbocycles. The second-order valence-corrected chi connectivity index (χ2v) is 5.64. The third kappa shape index (κ3) is 3.07. The Bertz CT molecular complexity index is 572. The van der Waals surface area contributed by atoms with Gasteiger partial charge in [0.2, 0.25) is 0 Å². The van der Waals surface area contributed by atoms with Crippen LogP contribution in [0.5, 0.6) is 0 Å². The van der Waals surface area contributed by atoms with E-state index in [-0.39, 0.29) is 11.9 Å². The molecule has 0 aliphatic heterocycles. The van der Waals surface area contributed by atoms with Gasteiger partial charge in [-0.1, -0.05) is 42.5 Å². The topological polar surface area (TPSA) is 12.0 Å². The van der Waals surface area contributed by atoms with Gasteiger partial charge in [-0.25, -0.2) is 4.39 Å². The molecule has 0 radical (unpaired) electrons. The molecular formula is C18H20FN. The Hall–Kier alpha value is -1.67. The molecule has 0 saturated heterocycles. The maximum atomic E-state index is 13.7. The first-order valence-corrected chi connectivity index (χ1v) is 7.30. The van der Waals surface area contributed by atoms with Crippen molar-refractivity contribution in [2.24, 2.45) is 0 Å². The van der Waals surface area contributed by atoms with Crippen LogP contribution in [-0.2, 0) is 6.54 Å². The molecule has 0 amide bonds. The third-order valence-corrected chi connectivity index (χ3v) is 4.01. The Balaban J connectivity index is 1.59. The normalized spacial score (nSPS) is 16.1. The quantitative estimate of drug-likeness (QED) is 0.839. The zero-order chi connectivity index (χ0) is 13.9. The van der Waals surface area contributed by atoms with Crippen molar-refractivity contribution in [1.82, 2.24) is 5.32 Å². The third-order valence-electron chi connectivity index (χ3n) is 4.01. The SMILES string of the molecule is CC(NCc1ccc(C2CC2)cc1)c1ccccc1F. The van der Waals surface area contributed by atoms with Gasteiger partial charge in [0, 0.05) is 18.2 Å². The molecule has 1 fully saturated rings. The molecule has 2 aromatic rings. The lowest BCUT2D eigenvalue weighted by Gasteiger charge is -2.15. The van der Waals surface area contributed by atoms with Crippen molar-refractivity contribution in [2.45, 2.75) is 38.3 Å². The monoisotopic (exact) mass is 269 g/mol. The molecule has 20 heavy (non-hydrogen) atoms. The van der Waals surface area contributed by atoms with Crippen molar-refractivity contribution in [1.29, 1.82) is 0 Å². The van der Waals surface area contributed by atoms with Crippen molar-refractivity contribution >= 4 is 0 Å². The summed E-state index contributed by atoms with van der Waals surface area (Å²) < 4.78 is 13.7. The van der Waals surface area contributed by atoms with Crippen molar-refractivity contribution in [3.8, 4) is 0 Å². The molecule has 0 bridgehead atoms. The molecular weight excluding hydrogens is 249 g/mol. The van der Waals surface area contributed by atoms with E-state index in [0.29, 0.717) is 0 Å². The molecule has 0 aromatic heterocycles. The number of benzene rings is 2. The molecule has 1 aliphatic rings. The Morgan fingerprint density at radius 1 is 1.10 bits per heavy atom. The van der Waals surface area contributed by atoms with Crippen molar-refractivity contribution in [3.63, 3.8) is 0 Å². The fourth-order valence-electron chi connectivity index (χ4n) is 2.53. The predicted molar refractivity (Wildman–Crippen MR) is 80.1 cm³/mol. The standard InChI is InChI=1S/C18H20FN/c1-13(17-4-2-3-5-18(17)19)20-12-14-6-8-15(9-7-14)16-10-11-16/h2-9,13,16,20H,10-12H2,1H3. The van der Waals surface area contributed by atoms with Gasteiger partial charge in [-0.2, -0.15) is 0 Å². The highest BCUT2D eigenvalue weighted by Gasteiger charge is 2.22. The highest BCUT2D eigenvalue weighted by molar-refractivity contribution is 5.28. The Kier molecular flexibility index (Phi) is 3.83. The molecule has 2 heteroatoms. The average molecular weight is 269 g/mol. The van der Waals surface area contributed by atoms with Crippen LogP contribution in [0.15, 0.2) is 48.5 Å². The maximum Gasteiger partial charge on any atom is 0.127 e. The van der Waals surface area contributed by atoms with Crippen LogP contribution in [0.3, 0.4) is 0 Å². The van der Waals surface area contributed by atoms with Crippen LogP contribution in [0.25, 0.3) is 0 Å². The first kappa shape index (κ1) is 13.3. The second kappa shape index (κ2) is 5.76. The van der Waals surface area contributed by atoms with Crippen molar-refractivity contribution < 1.29 is 4.39 Å². The smallest absolute Gasteiger partial charge is 0.127 e. The predicted octanol–water partition coefficient (Wildman–Crippen LogP) is 4.55. The van der Waals surface area contributed by atoms with Crippen LogP contribution in [0.4, 0.5) is 4.39 Å². The number of rotatable bonds is 5. The maximum absolute atomic E-state index is 13.7. The number of halogens is 1. The molecule has 0 heterocycles. The van der Waals surface area contributed by atoms with Gasteiger partial charge in [0.25, 0.3) is 0 Å². The molecule has 1 nitrogen and oxygen atoms in total. The molecule has 0 spiro atoms. The fourth-order valence-corrected chi connectivity index (χ4v) is 2.53. The van der Waals surface area contributed by atoms with Gasteiger partial charge in [-0.15, -0.1) is 0 Å². The van der Waals surface area contributed by atoms with E-state index in [0.717, 1.165) is 18.0 Å². The lowest BCUT2D eigenvalue weighted by atomic mass is 10.1. The summed E-state index contributed by atoms with van der Waals surface area (Å²) in [5.74, 6) is 0.658. The minimum atomic E-state index is -0.142. The van der Waals surface area contributed by atoms with E-state index in [9.17, 15) is 4.39 Å². The summed E-state index contributed by atoms with van der Waals surface area (Å²) >= 11 is 0. The average Bonchev–Trinajstić information content (AvgIpc) is 3.30. The number of hydrogen-bond donors (Lipinski definition) is 1. The van der Waals surface area contributed by atoms with Crippen LogP contribution in [0.2, 0.25) is 0 Å². The summed E-state index contributed by atoms with van der Waals surface area (Å²) in [5, 5.41) is 3.38. The Morgan fingerprint density at radius 2 is 1.80 bits per heavy atom. The van der Waals surface area contributed by atoms with Crippen LogP contribution >= 0.6 is 0 Å². The summed E-state index contributed by atoms with van der Waals surface area (Å²) in [6, 6.07) is 15.8. The molecule has 2 aromatic carbocycles. The van der Waals surface area contributed by atoms with Gasteiger partial charge in [-0.05, 0) is 42.9 Å². The highest BCUT2D eigenvalue weighted by atomic mass is 19.1. The van der Waals surface area contributed by atoms with E-state index in [2.05, 4.69) is 29.6 Å². The molecule has 1 saturated carbocycles. The van der Waals surface area contributed by atoms with Gasteiger partial charge in [0.1, 0.15) is 5.82 Å². The fraction of sp³-hybridized carbons (Fsp3) is 0.333. The zero-order valence-electron chi connectivity index (χ0n) is 11.8. The van der Waals surface area contributed by atoms with E-state index in [1.54, 1.807) is 6.07 Å². The van der Waals surface area contributed by atoms with E-state index in [1.165, 1.54) is 30.0 Å². The van der Waals surface area contributed by atoms with Gasteiger partial charge in [-0.3, -0.25) is 0 Å². The summed E-state index contributed by atoms with van der Waals surface area (Å²) in [5.41, 5.74) is 3.43. The van der Waals surface area contributed by atoms with E-state index in [4.69, 9.17) is 0 Å². The Labute approximate surface area is 119 Å². The van der Waals surface area contributed by atoms with E-state index < -0.39 is 0 Å². The lowest BCUT2D eigenvalue weighted by Crippen LogP contribution is -2.19. The molecule has 104 valence electrons. The van der Waals surface area contributed by atoms with E-state index in [1.807, 2.05) is 19.1 Å². The number of hydrogen-bond acceptors (Lipinski definition) is 1.